The highest BCUT2D eigenvalue weighted by molar-refractivity contribution is 7.45. The molecule has 0 aromatic rings. The van der Waals surface area contributed by atoms with Crippen LogP contribution in [0.4, 0.5) is 0 Å². The second kappa shape index (κ2) is 68.1. The summed E-state index contributed by atoms with van der Waals surface area (Å²) >= 11 is 0. The molecule has 0 heterocycles. The Kier molecular flexibility index (Phi) is 67.1. The minimum atomic E-state index is -4.62. The lowest BCUT2D eigenvalue weighted by Gasteiger charge is -2.29. The summed E-state index contributed by atoms with van der Waals surface area (Å²) in [6.45, 7) is 4.69. The molecule has 86 heavy (non-hydrogen) atoms. The number of aliphatic hydroxyl groups is 1. The maximum absolute atomic E-state index is 13.1. The van der Waals surface area contributed by atoms with Gasteiger partial charge in [-0.2, -0.15) is 0 Å². The number of carbonyl (C=O) groups is 1. The first kappa shape index (κ1) is 84.7. The first-order valence-electron chi connectivity index (χ1n) is 38.4. The SMILES string of the molecule is CCCCCCCCCCCCCCCCCCC/C=C/CC/C=C/CC/C=C/C(O)C(COP(=O)([O-])OCC[N+](C)(C)C)NC(=O)CCCCCCCCCCCCCCCCCCCCCCCCCCCCCCCCCCCCCCC. The highest BCUT2D eigenvalue weighted by Crippen LogP contribution is 2.38. The van der Waals surface area contributed by atoms with Gasteiger partial charge in [0, 0.05) is 6.42 Å². The molecule has 1 amide bonds. The van der Waals surface area contributed by atoms with E-state index in [0.717, 1.165) is 44.9 Å². The molecule has 3 unspecified atom stereocenters. The standard InChI is InChI=1S/C77H151N2O6P/c1-6-8-10-12-14-16-18-20-22-24-26-28-30-32-34-35-36-37-38-39-40-41-42-43-45-47-49-51-53-55-57-59-61-63-65-67-69-71-77(81)78-75(74-85-86(82,83)84-73-72-79(3,4)5)76(80)70-68-66-64-62-60-58-56-54-52-50-48-46-44-33-31-29-27-25-23-21-19-17-15-13-11-9-7-2/h52,54,60,62,68,70,75-76,80H,6-51,53,55-59,61,63-67,69,71-74H2,1-5H3,(H-,78,81,82,83)/b54-52+,62-60+,70-68+. The van der Waals surface area contributed by atoms with Crippen molar-refractivity contribution in [2.45, 2.75) is 411 Å². The van der Waals surface area contributed by atoms with Gasteiger partial charge in [-0.25, -0.2) is 0 Å². The summed E-state index contributed by atoms with van der Waals surface area (Å²) in [7, 11) is 1.25. The van der Waals surface area contributed by atoms with Crippen molar-refractivity contribution < 1.29 is 32.9 Å². The van der Waals surface area contributed by atoms with Crippen molar-refractivity contribution in [2.75, 3.05) is 40.9 Å². The largest absolute Gasteiger partial charge is 0.756 e. The number of amides is 1. The molecule has 0 aliphatic heterocycles. The van der Waals surface area contributed by atoms with Gasteiger partial charge in [-0.15, -0.1) is 0 Å². The normalized spacial score (nSPS) is 13.7. The molecule has 8 nitrogen and oxygen atoms in total. The Balaban J connectivity index is 3.99. The summed E-state index contributed by atoms with van der Waals surface area (Å²) in [6, 6.07) is -0.910. The van der Waals surface area contributed by atoms with E-state index in [1.165, 1.54) is 334 Å². The van der Waals surface area contributed by atoms with Gasteiger partial charge in [-0.1, -0.05) is 384 Å². The van der Waals surface area contributed by atoms with Gasteiger partial charge in [0.25, 0.3) is 7.82 Å². The molecule has 0 rings (SSSR count). The summed E-state index contributed by atoms with van der Waals surface area (Å²) < 4.78 is 23.5. The van der Waals surface area contributed by atoms with E-state index in [-0.39, 0.29) is 12.5 Å². The van der Waals surface area contributed by atoms with Gasteiger partial charge in [0.05, 0.1) is 39.9 Å². The lowest BCUT2D eigenvalue weighted by atomic mass is 10.0. The maximum Gasteiger partial charge on any atom is 0.268 e. The Morgan fingerprint density at radius 1 is 0.395 bits per heavy atom. The number of phosphoric acid groups is 1. The van der Waals surface area contributed by atoms with Crippen LogP contribution < -0.4 is 10.2 Å². The summed E-state index contributed by atoms with van der Waals surface area (Å²) in [6.07, 6.45) is 91.7. The zero-order chi connectivity index (χ0) is 62.6. The molecule has 3 atom stereocenters. The smallest absolute Gasteiger partial charge is 0.268 e. The number of nitrogens with one attached hydrogen (secondary N) is 1. The summed E-state index contributed by atoms with van der Waals surface area (Å²) in [4.78, 5) is 25.7. The van der Waals surface area contributed by atoms with E-state index in [0.29, 0.717) is 17.4 Å². The van der Waals surface area contributed by atoms with Gasteiger partial charge in [-0.3, -0.25) is 9.36 Å². The zero-order valence-electron chi connectivity index (χ0n) is 58.5. The third-order valence-electron chi connectivity index (χ3n) is 17.8. The molecule has 0 fully saturated rings. The van der Waals surface area contributed by atoms with E-state index in [1.54, 1.807) is 6.08 Å². The van der Waals surface area contributed by atoms with Crippen molar-refractivity contribution in [3.8, 4) is 0 Å². The number of hydrogen-bond donors (Lipinski definition) is 2. The Morgan fingerprint density at radius 3 is 0.942 bits per heavy atom. The van der Waals surface area contributed by atoms with Crippen molar-refractivity contribution in [1.29, 1.82) is 0 Å². The van der Waals surface area contributed by atoms with Crippen LogP contribution in [0.25, 0.3) is 0 Å². The van der Waals surface area contributed by atoms with Crippen LogP contribution in [0.3, 0.4) is 0 Å². The fraction of sp³-hybridized carbons (Fsp3) is 0.909. The van der Waals surface area contributed by atoms with Gasteiger partial charge < -0.3 is 28.8 Å². The molecule has 0 saturated heterocycles. The number of nitrogens with zero attached hydrogens (tertiary/aromatic N) is 1. The minimum Gasteiger partial charge on any atom is -0.756 e. The van der Waals surface area contributed by atoms with Crippen molar-refractivity contribution in [3.05, 3.63) is 36.5 Å². The topological polar surface area (TPSA) is 108 Å². The molecular formula is C77H151N2O6P. The highest BCUT2D eigenvalue weighted by Gasteiger charge is 2.23. The van der Waals surface area contributed by atoms with Crippen LogP contribution in [0.5, 0.6) is 0 Å². The minimum absolute atomic E-state index is 0.00700. The maximum atomic E-state index is 13.1. The molecule has 0 bridgehead atoms. The molecule has 0 aromatic heterocycles. The molecule has 0 aromatic carbocycles. The second-order valence-corrected chi connectivity index (χ2v) is 29.1. The average Bonchev–Trinajstić information content (AvgIpc) is 3.70. The van der Waals surface area contributed by atoms with Crippen LogP contribution in [-0.4, -0.2) is 68.5 Å². The van der Waals surface area contributed by atoms with E-state index >= 15 is 0 Å². The number of carbonyl (C=O) groups excluding carboxylic acids is 1. The molecule has 2 N–H and O–H groups in total. The Morgan fingerprint density at radius 2 is 0.651 bits per heavy atom. The monoisotopic (exact) mass is 1230 g/mol. The third kappa shape index (κ3) is 70.2. The van der Waals surface area contributed by atoms with E-state index in [9.17, 15) is 19.4 Å². The summed E-state index contributed by atoms with van der Waals surface area (Å²) in [5, 5.41) is 14.0. The Labute approximate surface area is 537 Å². The number of rotatable bonds is 72. The number of likely N-dealkylation sites (N-methyl/N-ethyl adjacent to an activating group) is 1. The Bertz CT molecular complexity index is 1500. The number of hydrogen-bond acceptors (Lipinski definition) is 6. The number of aliphatic hydroxyl groups excluding tert-OH is 1. The molecule has 9 heteroatoms. The molecule has 0 aliphatic carbocycles. The predicted molar refractivity (Wildman–Crippen MR) is 376 cm³/mol. The van der Waals surface area contributed by atoms with Crippen LogP contribution in [0.15, 0.2) is 36.5 Å². The van der Waals surface area contributed by atoms with E-state index in [2.05, 4.69) is 43.5 Å². The second-order valence-electron chi connectivity index (χ2n) is 27.7. The van der Waals surface area contributed by atoms with Crippen LogP contribution in [-0.2, 0) is 18.4 Å². The van der Waals surface area contributed by atoms with Crippen molar-refractivity contribution in [3.63, 3.8) is 0 Å². The van der Waals surface area contributed by atoms with Gasteiger partial charge in [-0.05, 0) is 44.9 Å². The van der Waals surface area contributed by atoms with Gasteiger partial charge >= 0.3 is 0 Å². The van der Waals surface area contributed by atoms with Crippen molar-refractivity contribution in [1.82, 2.24) is 5.32 Å². The summed E-state index contributed by atoms with van der Waals surface area (Å²) in [5.74, 6) is -0.203. The van der Waals surface area contributed by atoms with Crippen LogP contribution >= 0.6 is 7.82 Å². The molecular weight excluding hydrogens is 1080 g/mol. The average molecular weight is 1230 g/mol. The molecule has 0 spiro atoms. The highest BCUT2D eigenvalue weighted by atomic mass is 31.2. The molecule has 0 aliphatic rings. The number of unbranched alkanes of at least 4 members (excludes halogenated alkanes) is 55. The van der Waals surface area contributed by atoms with Gasteiger partial charge in [0.15, 0.2) is 0 Å². The first-order valence-corrected chi connectivity index (χ1v) is 39.8. The number of quaternary nitrogens is 1. The van der Waals surface area contributed by atoms with E-state index in [4.69, 9.17) is 9.05 Å². The number of phosphoric ester groups is 1. The van der Waals surface area contributed by atoms with Gasteiger partial charge in [0.2, 0.25) is 5.91 Å². The predicted octanol–water partition coefficient (Wildman–Crippen LogP) is 24.2. The molecule has 0 saturated carbocycles. The Hall–Kier alpha value is -1.28. The fourth-order valence-electron chi connectivity index (χ4n) is 11.9. The van der Waals surface area contributed by atoms with Crippen LogP contribution in [0.1, 0.15) is 399 Å². The van der Waals surface area contributed by atoms with E-state index < -0.39 is 26.6 Å². The third-order valence-corrected chi connectivity index (χ3v) is 18.8. The lowest BCUT2D eigenvalue weighted by molar-refractivity contribution is -0.870. The fourth-order valence-corrected chi connectivity index (χ4v) is 12.6. The molecule has 510 valence electrons. The van der Waals surface area contributed by atoms with E-state index in [1.807, 2.05) is 27.2 Å². The number of allylic oxidation sites excluding steroid dienone is 5. The lowest BCUT2D eigenvalue weighted by Crippen LogP contribution is -2.45. The van der Waals surface area contributed by atoms with Gasteiger partial charge in [0.1, 0.15) is 13.2 Å². The van der Waals surface area contributed by atoms with Crippen LogP contribution in [0, 0.1) is 0 Å². The van der Waals surface area contributed by atoms with Crippen molar-refractivity contribution in [2.24, 2.45) is 0 Å². The first-order chi connectivity index (χ1) is 42.0. The van der Waals surface area contributed by atoms with Crippen LogP contribution in [0.2, 0.25) is 0 Å². The van der Waals surface area contributed by atoms with Crippen molar-refractivity contribution >= 4 is 13.7 Å². The zero-order valence-corrected chi connectivity index (χ0v) is 59.4. The quantitative estimate of drug-likeness (QED) is 0.0272. The molecule has 0 radical (unpaired) electrons. The summed E-state index contributed by atoms with van der Waals surface area (Å²) in [5.41, 5.74) is 0.